The molecule has 1 unspecified atom stereocenters. The topological polar surface area (TPSA) is 32.6 Å². The third kappa shape index (κ3) is 11.8. The van der Waals surface area contributed by atoms with E-state index < -0.39 is 6.23 Å². The number of aliphatic hydroxyl groups excluding tert-OH is 1. The lowest BCUT2D eigenvalue weighted by Gasteiger charge is -2.03. The summed E-state index contributed by atoms with van der Waals surface area (Å²) in [6.07, 6.45) is 11.8. The fourth-order valence-electron chi connectivity index (χ4n) is 1.76. The Morgan fingerprint density at radius 3 is 2.00 bits per heavy atom. The summed E-state index contributed by atoms with van der Waals surface area (Å²) < 4.78 is 0. The molecule has 16 heavy (non-hydrogen) atoms. The normalized spacial score (nSPS) is 12.1. The summed E-state index contributed by atoms with van der Waals surface area (Å²) in [5.74, 6) is 0. The van der Waals surface area contributed by atoms with Gasteiger partial charge in [0, 0.05) is 0 Å². The summed E-state index contributed by atoms with van der Waals surface area (Å²) in [4.78, 5) is 3.61. The van der Waals surface area contributed by atoms with E-state index in [0.29, 0.717) is 0 Å². The van der Waals surface area contributed by atoms with Crippen molar-refractivity contribution in [3.8, 4) is 0 Å². The summed E-state index contributed by atoms with van der Waals surface area (Å²) in [6.45, 7) is 2.24. The van der Waals surface area contributed by atoms with Gasteiger partial charge in [-0.2, -0.15) is 0 Å². The van der Waals surface area contributed by atoms with Crippen LogP contribution in [0.15, 0.2) is 4.99 Å². The minimum atomic E-state index is -0.623. The lowest BCUT2D eigenvalue weighted by Crippen LogP contribution is -2.00. The Labute approximate surface area is 105 Å². The van der Waals surface area contributed by atoms with Crippen molar-refractivity contribution >= 4 is 17.4 Å². The Morgan fingerprint density at radius 2 is 1.50 bits per heavy atom. The van der Waals surface area contributed by atoms with Crippen LogP contribution in [-0.4, -0.2) is 16.5 Å². The van der Waals surface area contributed by atoms with E-state index in [9.17, 15) is 5.11 Å². The molecule has 0 aliphatic heterocycles. The van der Waals surface area contributed by atoms with Crippen molar-refractivity contribution in [2.24, 2.45) is 4.99 Å². The SMILES string of the molecule is CCCCCCCCCCCC(O)N=C=S. The maximum absolute atomic E-state index is 9.25. The second kappa shape index (κ2) is 12.8. The van der Waals surface area contributed by atoms with Gasteiger partial charge in [0.1, 0.15) is 0 Å². The highest BCUT2D eigenvalue weighted by Gasteiger charge is 1.99. The lowest BCUT2D eigenvalue weighted by molar-refractivity contribution is 0.171. The van der Waals surface area contributed by atoms with E-state index in [1.165, 1.54) is 51.4 Å². The zero-order valence-electron chi connectivity index (χ0n) is 10.5. The van der Waals surface area contributed by atoms with Gasteiger partial charge in [-0.1, -0.05) is 58.3 Å². The van der Waals surface area contributed by atoms with Crippen LogP contribution in [0, 0.1) is 0 Å². The van der Waals surface area contributed by atoms with Gasteiger partial charge in [0.25, 0.3) is 0 Å². The van der Waals surface area contributed by atoms with Crippen molar-refractivity contribution in [1.29, 1.82) is 0 Å². The molecule has 1 atom stereocenters. The Hall–Kier alpha value is -0.240. The molecule has 3 heteroatoms. The lowest BCUT2D eigenvalue weighted by atomic mass is 10.1. The molecule has 94 valence electrons. The van der Waals surface area contributed by atoms with Gasteiger partial charge in [0.15, 0.2) is 6.23 Å². The first kappa shape index (κ1) is 15.8. The van der Waals surface area contributed by atoms with Crippen molar-refractivity contribution in [3.05, 3.63) is 0 Å². The Kier molecular flexibility index (Phi) is 12.6. The molecule has 2 nitrogen and oxygen atoms in total. The number of thiocarbonyl (C=S) groups is 1. The van der Waals surface area contributed by atoms with E-state index in [2.05, 4.69) is 29.3 Å². The summed E-state index contributed by atoms with van der Waals surface area (Å²) in [5, 5.41) is 11.5. The Morgan fingerprint density at radius 1 is 1.00 bits per heavy atom. The van der Waals surface area contributed by atoms with E-state index in [-0.39, 0.29) is 0 Å². The van der Waals surface area contributed by atoms with Crippen LogP contribution in [0.4, 0.5) is 0 Å². The molecule has 0 aromatic carbocycles. The predicted octanol–water partition coefficient (Wildman–Crippen LogP) is 4.33. The van der Waals surface area contributed by atoms with Crippen LogP contribution in [0.1, 0.15) is 71.1 Å². The van der Waals surface area contributed by atoms with Crippen molar-refractivity contribution in [1.82, 2.24) is 0 Å². The monoisotopic (exact) mass is 243 g/mol. The van der Waals surface area contributed by atoms with Crippen LogP contribution < -0.4 is 0 Å². The van der Waals surface area contributed by atoms with Crippen LogP contribution in [0.3, 0.4) is 0 Å². The van der Waals surface area contributed by atoms with Crippen molar-refractivity contribution in [2.75, 3.05) is 0 Å². The molecule has 0 radical (unpaired) electrons. The zero-order valence-corrected chi connectivity index (χ0v) is 11.3. The number of aliphatic hydroxyl groups is 1. The average Bonchev–Trinajstić information content (AvgIpc) is 2.27. The van der Waals surface area contributed by atoms with Crippen molar-refractivity contribution in [2.45, 2.75) is 77.4 Å². The second-order valence-corrected chi connectivity index (χ2v) is 4.50. The first-order valence-electron chi connectivity index (χ1n) is 6.56. The molecule has 0 fully saturated rings. The molecule has 0 spiro atoms. The Balaban J connectivity index is 3.06. The number of hydrogen-bond acceptors (Lipinski definition) is 3. The fraction of sp³-hybridized carbons (Fsp3) is 0.923. The highest BCUT2D eigenvalue weighted by Crippen LogP contribution is 2.11. The molecule has 0 aromatic rings. The molecular formula is C13H25NOS. The number of isothiocyanates is 1. The van der Waals surface area contributed by atoms with Crippen molar-refractivity contribution < 1.29 is 5.11 Å². The largest absolute Gasteiger partial charge is 0.371 e. The van der Waals surface area contributed by atoms with Crippen LogP contribution in [-0.2, 0) is 0 Å². The first-order valence-corrected chi connectivity index (χ1v) is 6.97. The third-order valence-corrected chi connectivity index (χ3v) is 2.87. The maximum Gasteiger partial charge on any atom is 0.154 e. The van der Waals surface area contributed by atoms with Crippen LogP contribution in [0.2, 0.25) is 0 Å². The number of rotatable bonds is 11. The van der Waals surface area contributed by atoms with Gasteiger partial charge < -0.3 is 5.11 Å². The molecule has 0 saturated carbocycles. The minimum Gasteiger partial charge on any atom is -0.371 e. The predicted molar refractivity (Wildman–Crippen MR) is 72.9 cm³/mol. The molecule has 0 rings (SSSR count). The van der Waals surface area contributed by atoms with E-state index in [1.807, 2.05) is 0 Å². The van der Waals surface area contributed by atoms with Gasteiger partial charge in [0.2, 0.25) is 0 Å². The van der Waals surface area contributed by atoms with E-state index in [4.69, 9.17) is 0 Å². The number of unbranched alkanes of at least 4 members (excludes halogenated alkanes) is 8. The maximum atomic E-state index is 9.25. The average molecular weight is 243 g/mol. The second-order valence-electron chi connectivity index (χ2n) is 4.32. The van der Waals surface area contributed by atoms with Crippen LogP contribution in [0.25, 0.3) is 0 Å². The molecule has 0 aromatic heterocycles. The fourth-order valence-corrected chi connectivity index (χ4v) is 1.88. The van der Waals surface area contributed by atoms with Gasteiger partial charge in [0.05, 0.1) is 5.16 Å². The highest BCUT2D eigenvalue weighted by molar-refractivity contribution is 7.78. The van der Waals surface area contributed by atoms with Crippen LogP contribution >= 0.6 is 12.2 Å². The summed E-state index contributed by atoms with van der Waals surface area (Å²) in [6, 6.07) is 0. The molecular weight excluding hydrogens is 218 g/mol. The molecule has 0 aliphatic carbocycles. The molecule has 0 aliphatic rings. The van der Waals surface area contributed by atoms with Gasteiger partial charge in [-0.3, -0.25) is 0 Å². The quantitative estimate of drug-likeness (QED) is 0.333. The molecule has 0 saturated heterocycles. The highest BCUT2D eigenvalue weighted by atomic mass is 32.1. The van der Waals surface area contributed by atoms with E-state index >= 15 is 0 Å². The molecule has 1 N–H and O–H groups in total. The molecule has 0 heterocycles. The standard InChI is InChI=1S/C13H25NOS/c1-2-3-4-5-6-7-8-9-10-11-13(15)14-12-16/h13,15H,2-11H2,1H3. The smallest absolute Gasteiger partial charge is 0.154 e. The van der Waals surface area contributed by atoms with Gasteiger partial charge in [-0.05, 0) is 25.1 Å². The number of hydrogen-bond donors (Lipinski definition) is 1. The van der Waals surface area contributed by atoms with Crippen molar-refractivity contribution in [3.63, 3.8) is 0 Å². The van der Waals surface area contributed by atoms with Crippen LogP contribution in [0.5, 0.6) is 0 Å². The van der Waals surface area contributed by atoms with Gasteiger partial charge >= 0.3 is 0 Å². The summed E-state index contributed by atoms with van der Waals surface area (Å²) in [5.41, 5.74) is 0. The summed E-state index contributed by atoms with van der Waals surface area (Å²) in [7, 11) is 0. The molecule has 0 amide bonds. The zero-order chi connectivity index (χ0) is 12.1. The summed E-state index contributed by atoms with van der Waals surface area (Å²) >= 11 is 4.42. The molecule has 0 bridgehead atoms. The number of nitrogens with zero attached hydrogens (tertiary/aromatic N) is 1. The minimum absolute atomic E-state index is 0.623. The van der Waals surface area contributed by atoms with E-state index in [1.54, 1.807) is 0 Å². The first-order chi connectivity index (χ1) is 7.81. The van der Waals surface area contributed by atoms with E-state index in [0.717, 1.165) is 12.8 Å². The number of aliphatic imine (C=N–C) groups is 1. The third-order valence-electron chi connectivity index (χ3n) is 2.77. The Bertz CT molecular complexity index is 190. The van der Waals surface area contributed by atoms with Gasteiger partial charge in [-0.25, -0.2) is 4.99 Å². The van der Waals surface area contributed by atoms with Gasteiger partial charge in [-0.15, -0.1) is 0 Å².